The normalized spacial score (nSPS) is 12.2. The van der Waals surface area contributed by atoms with E-state index in [0.29, 0.717) is 0 Å². The summed E-state index contributed by atoms with van der Waals surface area (Å²) in [6.45, 7) is 4.91. The van der Waals surface area contributed by atoms with Gasteiger partial charge in [-0.3, -0.25) is 0 Å². The molecule has 1 N–H and O–H groups in total. The third-order valence-corrected chi connectivity index (χ3v) is 4.01. The number of rotatable bonds is 6. The first-order valence-electron chi connectivity index (χ1n) is 6.81. The van der Waals surface area contributed by atoms with Crippen LogP contribution in [-0.4, -0.2) is 20.8 Å². The maximum atomic E-state index is 5.67. The van der Waals surface area contributed by atoms with Gasteiger partial charge in [-0.1, -0.05) is 6.92 Å². The number of benzene rings is 1. The maximum Gasteiger partial charge on any atom is 0.133 e. The lowest BCUT2D eigenvalue weighted by Gasteiger charge is -2.21. The van der Waals surface area contributed by atoms with Crippen LogP contribution in [0.4, 0.5) is 0 Å². The van der Waals surface area contributed by atoms with E-state index in [9.17, 15) is 0 Å². The molecule has 0 radical (unpaired) electrons. The molecule has 0 bridgehead atoms. The number of nitrogens with one attached hydrogen (secondary N) is 1. The van der Waals surface area contributed by atoms with Crippen LogP contribution in [0.2, 0.25) is 0 Å². The van der Waals surface area contributed by atoms with E-state index < -0.39 is 0 Å². The molecule has 1 unspecified atom stereocenters. The molecule has 0 saturated carbocycles. The first-order chi connectivity index (χ1) is 10.1. The zero-order valence-electron chi connectivity index (χ0n) is 12.7. The highest BCUT2D eigenvalue weighted by atomic mass is 79.9. The van der Waals surface area contributed by atoms with Gasteiger partial charge in [-0.15, -0.1) is 0 Å². The Morgan fingerprint density at radius 1 is 1.24 bits per heavy atom. The number of hydrogen-bond donors (Lipinski definition) is 1. The summed E-state index contributed by atoms with van der Waals surface area (Å²) >= 11 is 3.48. The fraction of sp³-hybridized carbons (Fsp3) is 0.375. The van der Waals surface area contributed by atoms with Crippen molar-refractivity contribution in [3.8, 4) is 11.5 Å². The smallest absolute Gasteiger partial charge is 0.133 e. The van der Waals surface area contributed by atoms with Crippen molar-refractivity contribution in [1.29, 1.82) is 0 Å². The summed E-state index contributed by atoms with van der Waals surface area (Å²) in [6.07, 6.45) is 1.71. The quantitative estimate of drug-likeness (QED) is 0.850. The minimum atomic E-state index is -0.0815. The van der Waals surface area contributed by atoms with Gasteiger partial charge < -0.3 is 19.2 Å². The second-order valence-corrected chi connectivity index (χ2v) is 5.54. The molecule has 0 aliphatic carbocycles. The van der Waals surface area contributed by atoms with Crippen molar-refractivity contribution in [2.24, 2.45) is 0 Å². The van der Waals surface area contributed by atoms with Crippen LogP contribution in [0.25, 0.3) is 0 Å². The fourth-order valence-electron chi connectivity index (χ4n) is 2.34. The second-order valence-electron chi connectivity index (χ2n) is 4.69. The van der Waals surface area contributed by atoms with Gasteiger partial charge in [-0.05, 0) is 53.2 Å². The molecule has 0 aliphatic heterocycles. The number of ether oxygens (including phenoxy) is 2. The number of furan rings is 1. The van der Waals surface area contributed by atoms with Gasteiger partial charge >= 0.3 is 0 Å². The van der Waals surface area contributed by atoms with E-state index in [4.69, 9.17) is 13.9 Å². The molecule has 1 aromatic heterocycles. The average Bonchev–Trinajstić information content (AvgIpc) is 2.90. The molecule has 0 fully saturated rings. The monoisotopic (exact) mass is 353 g/mol. The van der Waals surface area contributed by atoms with Crippen LogP contribution in [0.3, 0.4) is 0 Å². The van der Waals surface area contributed by atoms with Crippen LogP contribution >= 0.6 is 15.9 Å². The Balaban J connectivity index is 2.56. The Morgan fingerprint density at radius 3 is 2.48 bits per heavy atom. The maximum absolute atomic E-state index is 5.67. The molecule has 114 valence electrons. The Bertz CT molecular complexity index is 610. The van der Waals surface area contributed by atoms with Crippen LogP contribution in [0.15, 0.2) is 33.4 Å². The number of methoxy groups -OCH3 is 2. The Hall–Kier alpha value is -1.46. The number of hydrogen-bond acceptors (Lipinski definition) is 4. The van der Waals surface area contributed by atoms with Crippen molar-refractivity contribution < 1.29 is 13.9 Å². The van der Waals surface area contributed by atoms with Gasteiger partial charge in [0.1, 0.15) is 17.3 Å². The van der Waals surface area contributed by atoms with Crippen molar-refractivity contribution in [3.63, 3.8) is 0 Å². The first kappa shape index (κ1) is 15.9. The zero-order valence-corrected chi connectivity index (χ0v) is 14.3. The van der Waals surface area contributed by atoms with E-state index in [-0.39, 0.29) is 6.04 Å². The Kier molecular flexibility index (Phi) is 5.31. The summed E-state index contributed by atoms with van der Waals surface area (Å²) in [7, 11) is 3.31. The lowest BCUT2D eigenvalue weighted by molar-refractivity contribution is 0.383. The summed E-state index contributed by atoms with van der Waals surface area (Å²) in [6, 6.07) is 5.76. The average molecular weight is 354 g/mol. The molecular weight excluding hydrogens is 334 g/mol. The SMILES string of the molecule is CCNC(c1cc(OC)c(Br)cc1OC)c1occc1C. The largest absolute Gasteiger partial charge is 0.496 e. The van der Waals surface area contributed by atoms with Crippen LogP contribution < -0.4 is 14.8 Å². The van der Waals surface area contributed by atoms with E-state index in [1.54, 1.807) is 20.5 Å². The number of aryl methyl sites for hydroxylation is 1. The van der Waals surface area contributed by atoms with Gasteiger partial charge in [-0.25, -0.2) is 0 Å². The molecule has 1 atom stereocenters. The molecule has 2 rings (SSSR count). The molecule has 0 spiro atoms. The van der Waals surface area contributed by atoms with Crippen molar-refractivity contribution in [2.75, 3.05) is 20.8 Å². The molecule has 1 heterocycles. The van der Waals surface area contributed by atoms with Gasteiger partial charge in [0.05, 0.1) is 31.0 Å². The number of halogens is 1. The van der Waals surface area contributed by atoms with Crippen LogP contribution in [0, 0.1) is 6.92 Å². The predicted molar refractivity (Wildman–Crippen MR) is 86.2 cm³/mol. The summed E-state index contributed by atoms with van der Waals surface area (Å²) in [5.74, 6) is 2.43. The molecule has 4 nitrogen and oxygen atoms in total. The summed E-state index contributed by atoms with van der Waals surface area (Å²) < 4.78 is 17.4. The van der Waals surface area contributed by atoms with Crippen LogP contribution in [-0.2, 0) is 0 Å². The topological polar surface area (TPSA) is 43.6 Å². The molecule has 0 aliphatic rings. The highest BCUT2D eigenvalue weighted by molar-refractivity contribution is 9.10. The second kappa shape index (κ2) is 7.00. The standard InChI is InChI=1S/C16H20BrNO3/c1-5-18-15(16-10(2)6-7-21-16)11-8-14(20-4)12(17)9-13(11)19-3/h6-9,15,18H,5H2,1-4H3. The van der Waals surface area contributed by atoms with Crippen molar-refractivity contribution in [2.45, 2.75) is 19.9 Å². The van der Waals surface area contributed by atoms with Gasteiger partial charge in [0.2, 0.25) is 0 Å². The van der Waals surface area contributed by atoms with Gasteiger partial charge in [0.25, 0.3) is 0 Å². The molecule has 21 heavy (non-hydrogen) atoms. The van der Waals surface area contributed by atoms with Crippen LogP contribution in [0.1, 0.15) is 29.9 Å². The van der Waals surface area contributed by atoms with Gasteiger partial charge in [-0.2, -0.15) is 0 Å². The Labute approximate surface area is 133 Å². The molecule has 0 saturated heterocycles. The minimum Gasteiger partial charge on any atom is -0.496 e. The van der Waals surface area contributed by atoms with Crippen molar-refractivity contribution in [1.82, 2.24) is 5.32 Å². The molecule has 0 amide bonds. The summed E-state index contributed by atoms with van der Waals surface area (Å²) in [5, 5.41) is 3.44. The van der Waals surface area contributed by atoms with Gasteiger partial charge in [0.15, 0.2) is 0 Å². The van der Waals surface area contributed by atoms with Crippen molar-refractivity contribution >= 4 is 15.9 Å². The van der Waals surface area contributed by atoms with Crippen LogP contribution in [0.5, 0.6) is 11.5 Å². The molecule has 1 aromatic carbocycles. The molecule has 2 aromatic rings. The highest BCUT2D eigenvalue weighted by Crippen LogP contribution is 2.38. The third-order valence-electron chi connectivity index (χ3n) is 3.39. The first-order valence-corrected chi connectivity index (χ1v) is 7.60. The van der Waals surface area contributed by atoms with E-state index in [2.05, 4.69) is 28.2 Å². The van der Waals surface area contributed by atoms with Crippen molar-refractivity contribution in [3.05, 3.63) is 45.8 Å². The Morgan fingerprint density at radius 2 is 1.95 bits per heavy atom. The predicted octanol–water partition coefficient (Wildman–Crippen LogP) is 4.07. The van der Waals surface area contributed by atoms with E-state index in [1.807, 2.05) is 25.1 Å². The molecule has 5 heteroatoms. The lowest BCUT2D eigenvalue weighted by atomic mass is 10.0. The van der Waals surface area contributed by atoms with E-state index >= 15 is 0 Å². The third kappa shape index (κ3) is 3.24. The minimum absolute atomic E-state index is 0.0815. The van der Waals surface area contributed by atoms with E-state index in [0.717, 1.165) is 39.4 Å². The van der Waals surface area contributed by atoms with Gasteiger partial charge in [0, 0.05) is 5.56 Å². The fourth-order valence-corrected chi connectivity index (χ4v) is 2.82. The molecular formula is C16H20BrNO3. The lowest BCUT2D eigenvalue weighted by Crippen LogP contribution is -2.23. The highest BCUT2D eigenvalue weighted by Gasteiger charge is 2.23. The summed E-state index contributed by atoms with van der Waals surface area (Å²) in [4.78, 5) is 0. The zero-order chi connectivity index (χ0) is 15.4. The summed E-state index contributed by atoms with van der Waals surface area (Å²) in [5.41, 5.74) is 2.09. The van der Waals surface area contributed by atoms with E-state index in [1.165, 1.54) is 0 Å².